The topological polar surface area (TPSA) is 45.5 Å². The van der Waals surface area contributed by atoms with Crippen LogP contribution in [0.4, 0.5) is 0 Å². The van der Waals surface area contributed by atoms with Crippen LogP contribution >= 0.6 is 0 Å². The molecule has 128 valence electrons. The zero-order valence-corrected chi connectivity index (χ0v) is 14.8. The first kappa shape index (κ1) is 15.5. The van der Waals surface area contributed by atoms with Crippen molar-refractivity contribution in [3.63, 3.8) is 0 Å². The molecule has 1 saturated carbocycles. The van der Waals surface area contributed by atoms with E-state index in [4.69, 9.17) is 4.98 Å². The Morgan fingerprint density at radius 1 is 1.25 bits per heavy atom. The molecule has 1 aliphatic carbocycles. The highest BCUT2D eigenvalue weighted by atomic mass is 15.3. The minimum atomic E-state index is 0.565. The summed E-state index contributed by atoms with van der Waals surface area (Å²) in [6.45, 7) is 3.00. The predicted molar refractivity (Wildman–Crippen MR) is 98.0 cm³/mol. The van der Waals surface area contributed by atoms with Gasteiger partial charge in [0.05, 0.1) is 17.6 Å². The largest absolute Gasteiger partial charge is 0.349 e. The number of likely N-dealkylation sites (tertiary alicyclic amines) is 1. The lowest BCUT2D eigenvalue weighted by Gasteiger charge is -2.25. The molecule has 0 bridgehead atoms. The van der Waals surface area contributed by atoms with Crippen molar-refractivity contribution in [2.24, 2.45) is 17.5 Å². The zero-order valence-electron chi connectivity index (χ0n) is 14.8. The second-order valence-corrected chi connectivity index (χ2v) is 7.36. The first-order valence-electron chi connectivity index (χ1n) is 9.07. The number of imidazole rings is 1. The van der Waals surface area contributed by atoms with Gasteiger partial charge in [-0.3, -0.25) is 4.99 Å². The normalized spacial score (nSPS) is 20.4. The van der Waals surface area contributed by atoms with E-state index in [-0.39, 0.29) is 0 Å². The van der Waals surface area contributed by atoms with Gasteiger partial charge in [0.15, 0.2) is 5.96 Å². The first-order valence-corrected chi connectivity index (χ1v) is 9.07. The molecule has 1 aliphatic heterocycles. The van der Waals surface area contributed by atoms with E-state index in [2.05, 4.69) is 45.0 Å². The summed E-state index contributed by atoms with van der Waals surface area (Å²) in [7, 11) is 3.97. The maximum absolute atomic E-state index is 4.74. The lowest BCUT2D eigenvalue weighted by molar-refractivity contribution is 0.309. The zero-order chi connectivity index (χ0) is 16.6. The highest BCUT2D eigenvalue weighted by Crippen LogP contribution is 2.45. The van der Waals surface area contributed by atoms with Gasteiger partial charge in [-0.15, -0.1) is 0 Å². The minimum absolute atomic E-state index is 0.565. The molecule has 1 spiro atoms. The van der Waals surface area contributed by atoms with Crippen LogP contribution in [0.25, 0.3) is 11.0 Å². The molecule has 5 nitrogen and oxygen atoms in total. The van der Waals surface area contributed by atoms with Gasteiger partial charge in [-0.05, 0) is 36.8 Å². The molecule has 0 atom stereocenters. The van der Waals surface area contributed by atoms with Crippen molar-refractivity contribution < 1.29 is 0 Å². The third kappa shape index (κ3) is 2.66. The van der Waals surface area contributed by atoms with Gasteiger partial charge in [0, 0.05) is 27.2 Å². The molecule has 2 fully saturated rings. The molecular formula is C19H27N5. The van der Waals surface area contributed by atoms with Crippen LogP contribution in [0.2, 0.25) is 0 Å². The minimum Gasteiger partial charge on any atom is -0.349 e. The lowest BCUT2D eigenvalue weighted by Crippen LogP contribution is -2.41. The van der Waals surface area contributed by atoms with Gasteiger partial charge in [0.1, 0.15) is 5.82 Å². The van der Waals surface area contributed by atoms with E-state index in [1.165, 1.54) is 37.6 Å². The fourth-order valence-electron chi connectivity index (χ4n) is 4.49. The highest BCUT2D eigenvalue weighted by molar-refractivity contribution is 5.80. The van der Waals surface area contributed by atoms with Crippen molar-refractivity contribution in [3.8, 4) is 0 Å². The SMILES string of the molecule is CN=C(NCc1nc2ccccc2n1C)N1CCC2(CCCC2)C1. The standard InChI is InChI=1S/C19H27N5/c1-20-18(24-12-11-19(14-24)9-5-6-10-19)21-13-17-22-15-7-3-4-8-16(15)23(17)2/h3-4,7-8H,5-6,9-14H2,1-2H3,(H,20,21). The number of fused-ring (bicyclic) bond motifs is 1. The van der Waals surface area contributed by atoms with E-state index in [1.807, 2.05) is 13.1 Å². The number of rotatable bonds is 2. The van der Waals surface area contributed by atoms with Crippen molar-refractivity contribution in [2.75, 3.05) is 20.1 Å². The molecule has 1 N–H and O–H groups in total. The second kappa shape index (κ2) is 6.11. The molecule has 24 heavy (non-hydrogen) atoms. The van der Waals surface area contributed by atoms with E-state index < -0.39 is 0 Å². The molecular weight excluding hydrogens is 298 g/mol. The van der Waals surface area contributed by atoms with Crippen molar-refractivity contribution in [2.45, 2.75) is 38.6 Å². The van der Waals surface area contributed by atoms with E-state index in [0.29, 0.717) is 12.0 Å². The van der Waals surface area contributed by atoms with Crippen LogP contribution in [0.3, 0.4) is 0 Å². The molecule has 0 radical (unpaired) electrons. The molecule has 1 aromatic carbocycles. The summed E-state index contributed by atoms with van der Waals surface area (Å²) in [6.07, 6.45) is 6.91. The van der Waals surface area contributed by atoms with Gasteiger partial charge in [0.25, 0.3) is 0 Å². The van der Waals surface area contributed by atoms with E-state index in [0.717, 1.165) is 30.4 Å². The molecule has 2 aliphatic rings. The number of aliphatic imine (C=N–C) groups is 1. The fraction of sp³-hybridized carbons (Fsp3) is 0.579. The summed E-state index contributed by atoms with van der Waals surface area (Å²) in [5.41, 5.74) is 2.79. The number of hydrogen-bond donors (Lipinski definition) is 1. The van der Waals surface area contributed by atoms with Crippen molar-refractivity contribution >= 4 is 17.0 Å². The third-order valence-corrected chi connectivity index (χ3v) is 5.90. The first-order chi connectivity index (χ1) is 11.7. The summed E-state index contributed by atoms with van der Waals surface area (Å²) in [5.74, 6) is 2.07. The Kier molecular flexibility index (Phi) is 3.94. The van der Waals surface area contributed by atoms with Crippen LogP contribution in [0.15, 0.2) is 29.3 Å². The molecule has 4 rings (SSSR count). The molecule has 0 amide bonds. The number of para-hydroxylation sites is 2. The molecule has 5 heteroatoms. The van der Waals surface area contributed by atoms with Crippen LogP contribution in [0.5, 0.6) is 0 Å². The Bertz CT molecular complexity index is 754. The summed E-state index contributed by atoms with van der Waals surface area (Å²) in [4.78, 5) is 11.7. The number of aryl methyl sites for hydroxylation is 1. The van der Waals surface area contributed by atoms with E-state index in [9.17, 15) is 0 Å². The maximum atomic E-state index is 4.74. The Morgan fingerprint density at radius 2 is 2.04 bits per heavy atom. The molecule has 1 saturated heterocycles. The summed E-state index contributed by atoms with van der Waals surface area (Å²) in [5, 5.41) is 3.53. The van der Waals surface area contributed by atoms with Gasteiger partial charge in [-0.2, -0.15) is 0 Å². The highest BCUT2D eigenvalue weighted by Gasteiger charge is 2.41. The number of benzene rings is 1. The third-order valence-electron chi connectivity index (χ3n) is 5.90. The van der Waals surface area contributed by atoms with Gasteiger partial charge >= 0.3 is 0 Å². The molecule has 2 aromatic rings. The fourth-order valence-corrected chi connectivity index (χ4v) is 4.49. The van der Waals surface area contributed by atoms with Crippen molar-refractivity contribution in [3.05, 3.63) is 30.1 Å². The van der Waals surface area contributed by atoms with E-state index >= 15 is 0 Å². The Labute approximate surface area is 143 Å². The van der Waals surface area contributed by atoms with Crippen LogP contribution in [-0.2, 0) is 13.6 Å². The Morgan fingerprint density at radius 3 is 2.79 bits per heavy atom. The Hall–Kier alpha value is -2.04. The summed E-state index contributed by atoms with van der Waals surface area (Å²) >= 11 is 0. The summed E-state index contributed by atoms with van der Waals surface area (Å²) < 4.78 is 2.16. The second-order valence-electron chi connectivity index (χ2n) is 7.36. The lowest BCUT2D eigenvalue weighted by atomic mass is 9.86. The Balaban J connectivity index is 1.45. The average molecular weight is 325 g/mol. The van der Waals surface area contributed by atoms with Crippen LogP contribution in [-0.4, -0.2) is 40.5 Å². The van der Waals surface area contributed by atoms with Crippen LogP contribution in [0.1, 0.15) is 37.9 Å². The van der Waals surface area contributed by atoms with Crippen molar-refractivity contribution in [1.29, 1.82) is 0 Å². The average Bonchev–Trinajstić information content (AvgIpc) is 3.31. The maximum Gasteiger partial charge on any atom is 0.194 e. The van der Waals surface area contributed by atoms with Gasteiger partial charge < -0.3 is 14.8 Å². The predicted octanol–water partition coefficient (Wildman–Crippen LogP) is 2.91. The number of hydrogen-bond acceptors (Lipinski definition) is 2. The monoisotopic (exact) mass is 325 g/mol. The number of nitrogens with one attached hydrogen (secondary N) is 1. The number of guanidine groups is 1. The van der Waals surface area contributed by atoms with Crippen LogP contribution in [0, 0.1) is 5.41 Å². The van der Waals surface area contributed by atoms with Gasteiger partial charge in [-0.1, -0.05) is 25.0 Å². The molecule has 0 unspecified atom stereocenters. The quantitative estimate of drug-likeness (QED) is 0.682. The number of aromatic nitrogens is 2. The number of nitrogens with zero attached hydrogens (tertiary/aromatic N) is 4. The van der Waals surface area contributed by atoms with Crippen LogP contribution < -0.4 is 5.32 Å². The molecule has 2 heterocycles. The van der Waals surface area contributed by atoms with E-state index in [1.54, 1.807) is 0 Å². The molecule has 1 aromatic heterocycles. The summed E-state index contributed by atoms with van der Waals surface area (Å²) in [6, 6.07) is 8.28. The van der Waals surface area contributed by atoms with Gasteiger partial charge in [0.2, 0.25) is 0 Å². The smallest absolute Gasteiger partial charge is 0.194 e. The van der Waals surface area contributed by atoms with Gasteiger partial charge in [-0.25, -0.2) is 4.98 Å². The van der Waals surface area contributed by atoms with Crippen molar-refractivity contribution in [1.82, 2.24) is 19.8 Å².